The van der Waals surface area contributed by atoms with E-state index in [4.69, 9.17) is 9.72 Å². The fourth-order valence-corrected chi connectivity index (χ4v) is 4.86. The zero-order valence-electron chi connectivity index (χ0n) is 14.1. The van der Waals surface area contributed by atoms with Gasteiger partial charge in [0.1, 0.15) is 16.5 Å². The van der Waals surface area contributed by atoms with E-state index >= 15 is 0 Å². The SMILES string of the molecule is Cc1nc(N2CC(C)C(N3CCOCC3)C2)c2c(C)csc2n1. The van der Waals surface area contributed by atoms with Crippen LogP contribution in [0.4, 0.5) is 5.82 Å². The lowest BCUT2D eigenvalue weighted by Crippen LogP contribution is -2.46. The molecule has 6 heteroatoms. The van der Waals surface area contributed by atoms with Crippen molar-refractivity contribution in [2.45, 2.75) is 26.8 Å². The number of hydrogen-bond acceptors (Lipinski definition) is 6. The van der Waals surface area contributed by atoms with Crippen molar-refractivity contribution in [2.75, 3.05) is 44.3 Å². The summed E-state index contributed by atoms with van der Waals surface area (Å²) in [6.45, 7) is 12.5. The van der Waals surface area contributed by atoms with Gasteiger partial charge in [0.25, 0.3) is 0 Å². The Labute approximate surface area is 141 Å². The number of rotatable bonds is 2. The van der Waals surface area contributed by atoms with Gasteiger partial charge in [-0.05, 0) is 30.7 Å². The topological polar surface area (TPSA) is 41.5 Å². The number of morpholine rings is 1. The Hall–Kier alpha value is -1.24. The summed E-state index contributed by atoms with van der Waals surface area (Å²) < 4.78 is 5.51. The third kappa shape index (κ3) is 2.73. The van der Waals surface area contributed by atoms with Crippen LogP contribution in [-0.4, -0.2) is 60.3 Å². The molecule has 0 amide bonds. The van der Waals surface area contributed by atoms with Gasteiger partial charge in [-0.2, -0.15) is 0 Å². The fraction of sp³-hybridized carbons (Fsp3) is 0.647. The number of nitrogens with zero attached hydrogens (tertiary/aromatic N) is 4. The zero-order valence-corrected chi connectivity index (χ0v) is 14.9. The molecule has 2 unspecified atom stereocenters. The van der Waals surface area contributed by atoms with Crippen molar-refractivity contribution < 1.29 is 4.74 Å². The summed E-state index contributed by atoms with van der Waals surface area (Å²) in [5, 5.41) is 3.44. The van der Waals surface area contributed by atoms with E-state index in [0.717, 1.165) is 55.9 Å². The minimum atomic E-state index is 0.600. The molecule has 2 atom stereocenters. The second-order valence-corrected chi connectivity index (χ2v) is 7.65. The molecule has 4 heterocycles. The van der Waals surface area contributed by atoms with Crippen molar-refractivity contribution in [3.8, 4) is 0 Å². The van der Waals surface area contributed by atoms with Crippen LogP contribution in [0.25, 0.3) is 10.2 Å². The molecule has 0 aliphatic carbocycles. The Morgan fingerprint density at radius 3 is 2.74 bits per heavy atom. The van der Waals surface area contributed by atoms with Gasteiger partial charge in [-0.1, -0.05) is 6.92 Å². The maximum Gasteiger partial charge on any atom is 0.141 e. The van der Waals surface area contributed by atoms with Gasteiger partial charge in [-0.25, -0.2) is 9.97 Å². The highest BCUT2D eigenvalue weighted by molar-refractivity contribution is 7.17. The molecule has 0 saturated carbocycles. The van der Waals surface area contributed by atoms with Gasteiger partial charge in [0.05, 0.1) is 18.6 Å². The Balaban J connectivity index is 1.65. The van der Waals surface area contributed by atoms with Crippen LogP contribution in [0, 0.1) is 19.8 Å². The molecular weight excluding hydrogens is 308 g/mol. The summed E-state index contributed by atoms with van der Waals surface area (Å²) in [5.74, 6) is 2.66. The quantitative estimate of drug-likeness (QED) is 0.845. The summed E-state index contributed by atoms with van der Waals surface area (Å²) in [6.07, 6.45) is 0. The van der Waals surface area contributed by atoms with Gasteiger partial charge in [-0.3, -0.25) is 4.90 Å². The van der Waals surface area contributed by atoms with E-state index in [1.54, 1.807) is 11.3 Å². The van der Waals surface area contributed by atoms with Gasteiger partial charge in [0, 0.05) is 32.2 Å². The first-order valence-corrected chi connectivity index (χ1v) is 9.30. The number of anilines is 1. The van der Waals surface area contributed by atoms with E-state index in [-0.39, 0.29) is 0 Å². The Bertz CT molecular complexity index is 710. The Morgan fingerprint density at radius 1 is 1.17 bits per heavy atom. The lowest BCUT2D eigenvalue weighted by molar-refractivity contribution is 0.0134. The number of ether oxygens (including phenoxy) is 1. The van der Waals surface area contributed by atoms with Crippen molar-refractivity contribution in [1.29, 1.82) is 0 Å². The van der Waals surface area contributed by atoms with E-state index in [1.807, 2.05) is 6.92 Å². The van der Waals surface area contributed by atoms with Crippen LogP contribution in [0.1, 0.15) is 18.3 Å². The first-order chi connectivity index (χ1) is 11.1. The molecule has 23 heavy (non-hydrogen) atoms. The summed E-state index contributed by atoms with van der Waals surface area (Å²) in [4.78, 5) is 15.6. The highest BCUT2D eigenvalue weighted by Crippen LogP contribution is 2.35. The minimum absolute atomic E-state index is 0.600. The van der Waals surface area contributed by atoms with Crippen molar-refractivity contribution in [2.24, 2.45) is 5.92 Å². The Kier molecular flexibility index (Phi) is 3.99. The lowest BCUT2D eigenvalue weighted by atomic mass is 10.0. The molecule has 2 fully saturated rings. The van der Waals surface area contributed by atoms with Gasteiger partial charge in [0.15, 0.2) is 0 Å². The number of hydrogen-bond donors (Lipinski definition) is 0. The Morgan fingerprint density at radius 2 is 1.96 bits per heavy atom. The largest absolute Gasteiger partial charge is 0.379 e. The van der Waals surface area contributed by atoms with Gasteiger partial charge >= 0.3 is 0 Å². The third-order valence-electron chi connectivity index (χ3n) is 5.10. The van der Waals surface area contributed by atoms with Crippen molar-refractivity contribution in [3.05, 3.63) is 16.8 Å². The predicted molar refractivity (Wildman–Crippen MR) is 94.4 cm³/mol. The first-order valence-electron chi connectivity index (χ1n) is 8.42. The molecule has 2 aliphatic heterocycles. The summed E-state index contributed by atoms with van der Waals surface area (Å²) in [5.41, 5.74) is 1.29. The van der Waals surface area contributed by atoms with E-state index in [0.29, 0.717) is 12.0 Å². The summed E-state index contributed by atoms with van der Waals surface area (Å²) in [7, 11) is 0. The zero-order chi connectivity index (χ0) is 16.0. The highest BCUT2D eigenvalue weighted by atomic mass is 32.1. The van der Waals surface area contributed by atoms with Crippen LogP contribution in [0.15, 0.2) is 5.38 Å². The molecule has 2 aromatic rings. The van der Waals surface area contributed by atoms with Crippen molar-refractivity contribution in [1.82, 2.24) is 14.9 Å². The molecule has 0 radical (unpaired) electrons. The van der Waals surface area contributed by atoms with Gasteiger partial charge in [-0.15, -0.1) is 11.3 Å². The molecule has 0 aromatic carbocycles. The van der Waals surface area contributed by atoms with Crippen LogP contribution in [0.5, 0.6) is 0 Å². The molecule has 2 aliphatic rings. The van der Waals surface area contributed by atoms with Gasteiger partial charge < -0.3 is 9.64 Å². The molecule has 0 N–H and O–H groups in total. The molecule has 0 bridgehead atoms. The van der Waals surface area contributed by atoms with Crippen LogP contribution < -0.4 is 4.90 Å². The first kappa shape index (κ1) is 15.3. The van der Waals surface area contributed by atoms with Crippen LogP contribution >= 0.6 is 11.3 Å². The highest BCUT2D eigenvalue weighted by Gasteiger charge is 2.36. The molecule has 4 rings (SSSR count). The lowest BCUT2D eigenvalue weighted by Gasteiger charge is -2.34. The predicted octanol–water partition coefficient (Wildman–Crippen LogP) is 2.47. The third-order valence-corrected chi connectivity index (χ3v) is 6.09. The van der Waals surface area contributed by atoms with E-state index in [9.17, 15) is 0 Å². The second kappa shape index (κ2) is 6.00. The molecule has 2 aromatic heterocycles. The van der Waals surface area contributed by atoms with Gasteiger partial charge in [0.2, 0.25) is 0 Å². The van der Waals surface area contributed by atoms with Crippen LogP contribution in [-0.2, 0) is 4.74 Å². The van der Waals surface area contributed by atoms with E-state index in [1.165, 1.54) is 10.9 Å². The number of fused-ring (bicyclic) bond motifs is 1. The number of aromatic nitrogens is 2. The smallest absolute Gasteiger partial charge is 0.141 e. The normalized spacial score (nSPS) is 26.3. The summed E-state index contributed by atoms with van der Waals surface area (Å²) in [6, 6.07) is 0.600. The van der Waals surface area contributed by atoms with Crippen molar-refractivity contribution in [3.63, 3.8) is 0 Å². The summed E-state index contributed by atoms with van der Waals surface area (Å²) >= 11 is 1.73. The average molecular weight is 332 g/mol. The molecular formula is C17H24N4OS. The number of thiophene rings is 1. The maximum absolute atomic E-state index is 5.51. The average Bonchev–Trinajstić information content (AvgIpc) is 3.11. The molecule has 5 nitrogen and oxygen atoms in total. The van der Waals surface area contributed by atoms with E-state index in [2.05, 4.69) is 34.0 Å². The van der Waals surface area contributed by atoms with Crippen LogP contribution in [0.3, 0.4) is 0 Å². The second-order valence-electron chi connectivity index (χ2n) is 6.79. The minimum Gasteiger partial charge on any atom is -0.379 e. The standard InChI is InChI=1S/C17H24N4OS/c1-11-8-21(9-14(11)20-4-6-22-7-5-20)16-15-12(2)10-23-17(15)19-13(3)18-16/h10-11,14H,4-9H2,1-3H3. The monoisotopic (exact) mass is 332 g/mol. The van der Waals surface area contributed by atoms with E-state index < -0.39 is 0 Å². The van der Waals surface area contributed by atoms with Crippen LogP contribution in [0.2, 0.25) is 0 Å². The number of aryl methyl sites for hydroxylation is 2. The molecule has 0 spiro atoms. The van der Waals surface area contributed by atoms with Crippen molar-refractivity contribution >= 4 is 27.4 Å². The molecule has 124 valence electrons. The maximum atomic E-state index is 5.51. The fourth-order valence-electron chi connectivity index (χ4n) is 3.90. The molecule has 2 saturated heterocycles.